The van der Waals surface area contributed by atoms with Crippen LogP contribution >= 0.6 is 0 Å². The topological polar surface area (TPSA) is 95.5 Å². The van der Waals surface area contributed by atoms with E-state index in [1.807, 2.05) is 0 Å². The first-order valence-corrected chi connectivity index (χ1v) is 10.9. The van der Waals surface area contributed by atoms with Crippen LogP contribution in [0.25, 0.3) is 0 Å². The van der Waals surface area contributed by atoms with Crippen LogP contribution in [-0.4, -0.2) is 77.4 Å². The van der Waals surface area contributed by atoms with Crippen molar-refractivity contribution < 1.29 is 17.9 Å². The Morgan fingerprint density at radius 3 is 2.71 bits per heavy atom. The molecule has 9 nitrogen and oxygen atoms in total. The van der Waals surface area contributed by atoms with Gasteiger partial charge >= 0.3 is 0 Å². The second-order valence-corrected chi connectivity index (χ2v) is 8.57. The third-order valence-electron chi connectivity index (χ3n) is 5.17. The van der Waals surface area contributed by atoms with Crippen LogP contribution in [0.5, 0.6) is 11.5 Å². The molecule has 0 bridgehead atoms. The lowest BCUT2D eigenvalue weighted by Crippen LogP contribution is -2.52. The summed E-state index contributed by atoms with van der Waals surface area (Å²) < 4.78 is 38.2. The van der Waals surface area contributed by atoms with Crippen molar-refractivity contribution in [3.05, 3.63) is 18.2 Å². The highest BCUT2D eigenvalue weighted by molar-refractivity contribution is 7.90. The summed E-state index contributed by atoms with van der Waals surface area (Å²) >= 11 is 0. The molecule has 10 heteroatoms. The molecule has 3 rings (SSSR count). The number of likely N-dealkylation sites (N-methyl/N-ethyl adjacent to an activating group) is 1. The minimum atomic E-state index is -3.78. The maximum absolute atomic E-state index is 12.7. The van der Waals surface area contributed by atoms with Crippen molar-refractivity contribution in [2.45, 2.75) is 30.7 Å². The Morgan fingerprint density at radius 2 is 2.07 bits per heavy atom. The lowest BCUT2D eigenvalue weighted by molar-refractivity contribution is 0.172. The van der Waals surface area contributed by atoms with Gasteiger partial charge in [-0.2, -0.15) is 0 Å². The number of benzene rings is 1. The Labute approximate surface area is 166 Å². The van der Waals surface area contributed by atoms with Crippen LogP contribution in [0.2, 0.25) is 0 Å². The third kappa shape index (κ3) is 4.68. The van der Waals surface area contributed by atoms with E-state index in [-0.39, 0.29) is 10.9 Å². The van der Waals surface area contributed by atoms with E-state index in [4.69, 9.17) is 9.47 Å². The Morgan fingerprint density at radius 1 is 1.29 bits per heavy atom. The van der Waals surface area contributed by atoms with Gasteiger partial charge in [0.2, 0.25) is 5.96 Å². The van der Waals surface area contributed by atoms with E-state index in [9.17, 15) is 8.42 Å². The normalized spacial score (nSPS) is 21.1. The molecule has 0 aromatic heterocycles. The van der Waals surface area contributed by atoms with Gasteiger partial charge in [-0.25, -0.2) is 18.1 Å². The molecule has 2 aliphatic rings. The lowest BCUT2D eigenvalue weighted by atomic mass is 10.2. The zero-order valence-electron chi connectivity index (χ0n) is 16.6. The van der Waals surface area contributed by atoms with E-state index < -0.39 is 10.0 Å². The fourth-order valence-corrected chi connectivity index (χ4v) is 4.66. The molecule has 0 spiro atoms. The molecule has 156 valence electrons. The minimum absolute atomic E-state index is 0.0848. The van der Waals surface area contributed by atoms with E-state index in [2.05, 4.69) is 31.8 Å². The van der Waals surface area contributed by atoms with Crippen LogP contribution in [0.15, 0.2) is 28.1 Å². The first-order valence-electron chi connectivity index (χ1n) is 9.46. The van der Waals surface area contributed by atoms with Gasteiger partial charge in [0.15, 0.2) is 11.5 Å². The first kappa shape index (κ1) is 20.7. The second-order valence-electron chi connectivity index (χ2n) is 6.88. The zero-order chi connectivity index (χ0) is 20.1. The predicted molar refractivity (Wildman–Crippen MR) is 107 cm³/mol. The maximum atomic E-state index is 12.7. The molecule has 0 saturated carbocycles. The lowest BCUT2D eigenvalue weighted by Gasteiger charge is -2.32. The Balaban J connectivity index is 1.61. The molecule has 0 radical (unpaired) electrons. The van der Waals surface area contributed by atoms with Crippen molar-refractivity contribution in [2.24, 2.45) is 4.99 Å². The van der Waals surface area contributed by atoms with E-state index in [0.717, 1.165) is 19.6 Å². The highest BCUT2D eigenvalue weighted by Gasteiger charge is 2.27. The van der Waals surface area contributed by atoms with Gasteiger partial charge in [0.25, 0.3) is 10.0 Å². The fraction of sp³-hybridized carbons (Fsp3) is 0.611. The summed E-state index contributed by atoms with van der Waals surface area (Å²) in [6, 6.07) is 5.01. The molecule has 1 fully saturated rings. The molecule has 28 heavy (non-hydrogen) atoms. The van der Waals surface area contributed by atoms with Crippen molar-refractivity contribution >= 4 is 16.0 Å². The summed E-state index contributed by atoms with van der Waals surface area (Å²) in [7, 11) is -0.808. The van der Waals surface area contributed by atoms with Crippen LogP contribution in [-0.2, 0) is 10.0 Å². The summed E-state index contributed by atoms with van der Waals surface area (Å²) in [5.41, 5.74) is 0. The molecule has 0 amide bonds. The molecule has 2 aliphatic heterocycles. The number of ether oxygens (including phenoxy) is 2. The average molecular weight is 412 g/mol. The van der Waals surface area contributed by atoms with Crippen molar-refractivity contribution in [1.29, 1.82) is 0 Å². The zero-order valence-corrected chi connectivity index (χ0v) is 17.5. The Hall–Kier alpha value is -2.04. The largest absolute Gasteiger partial charge is 0.493 e. The SMILES string of the molecule is CCN1CCC[C@@H]1CN1CN=C(NS(=O)(=O)c2ccc(OC)c(OC)c2)NC1. The predicted octanol–water partition coefficient (Wildman–Crippen LogP) is 0.643. The van der Waals surface area contributed by atoms with Gasteiger partial charge < -0.3 is 14.8 Å². The number of rotatable bonds is 7. The Bertz CT molecular complexity index is 814. The highest BCUT2D eigenvalue weighted by atomic mass is 32.2. The van der Waals surface area contributed by atoms with Gasteiger partial charge in [-0.15, -0.1) is 0 Å². The van der Waals surface area contributed by atoms with E-state index in [1.165, 1.54) is 39.2 Å². The van der Waals surface area contributed by atoms with Crippen LogP contribution in [0, 0.1) is 0 Å². The summed E-state index contributed by atoms with van der Waals surface area (Å²) in [5.74, 6) is 1.08. The van der Waals surface area contributed by atoms with Gasteiger partial charge in [-0.1, -0.05) is 6.92 Å². The monoisotopic (exact) mass is 411 g/mol. The average Bonchev–Trinajstić information content (AvgIpc) is 3.15. The molecule has 0 aliphatic carbocycles. The minimum Gasteiger partial charge on any atom is -0.493 e. The summed E-state index contributed by atoms with van der Waals surface area (Å²) in [6.07, 6.45) is 2.44. The van der Waals surface area contributed by atoms with Crippen LogP contribution in [0.1, 0.15) is 19.8 Å². The highest BCUT2D eigenvalue weighted by Crippen LogP contribution is 2.29. The number of hydrogen-bond acceptors (Lipinski definition) is 8. The standard InChI is InChI=1S/C18H29N5O4S/c1-4-23-9-5-6-14(23)11-22-12-19-18(20-13-22)21-28(24,25)15-7-8-16(26-2)17(10-15)27-3/h7-8,10,14H,4-6,9,11-13H2,1-3H3,(H2,19,20,21)/t14-/m1/s1. The van der Waals surface area contributed by atoms with Crippen molar-refractivity contribution in [2.75, 3.05) is 47.2 Å². The van der Waals surface area contributed by atoms with Gasteiger partial charge in [0, 0.05) is 18.7 Å². The smallest absolute Gasteiger partial charge is 0.264 e. The molecular formula is C18H29N5O4S. The molecule has 1 aromatic rings. The number of methoxy groups -OCH3 is 2. The van der Waals surface area contributed by atoms with Crippen LogP contribution in [0.4, 0.5) is 0 Å². The third-order valence-corrected chi connectivity index (χ3v) is 6.51. The summed E-state index contributed by atoms with van der Waals surface area (Å²) in [6.45, 7) is 6.35. The van der Waals surface area contributed by atoms with Crippen molar-refractivity contribution in [1.82, 2.24) is 19.8 Å². The van der Waals surface area contributed by atoms with Gasteiger partial charge in [0.05, 0.1) is 32.5 Å². The first-order chi connectivity index (χ1) is 13.5. The number of sulfonamides is 1. The quantitative estimate of drug-likeness (QED) is 0.680. The van der Waals surface area contributed by atoms with Crippen molar-refractivity contribution in [3.63, 3.8) is 0 Å². The number of guanidine groups is 1. The van der Waals surface area contributed by atoms with Gasteiger partial charge in [0.1, 0.15) is 0 Å². The molecule has 0 unspecified atom stereocenters. The van der Waals surface area contributed by atoms with Gasteiger partial charge in [-0.05, 0) is 38.1 Å². The molecule has 2 N–H and O–H groups in total. The number of hydrogen-bond donors (Lipinski definition) is 2. The number of nitrogens with zero attached hydrogens (tertiary/aromatic N) is 3. The molecule has 1 atom stereocenters. The van der Waals surface area contributed by atoms with Gasteiger partial charge in [-0.3, -0.25) is 9.80 Å². The molecule has 2 heterocycles. The molecule has 1 aromatic carbocycles. The number of likely N-dealkylation sites (tertiary alicyclic amines) is 1. The second kappa shape index (κ2) is 8.97. The Kier molecular flexibility index (Phi) is 6.63. The molecular weight excluding hydrogens is 382 g/mol. The molecule has 1 saturated heterocycles. The summed E-state index contributed by atoms with van der Waals surface area (Å²) in [5, 5.41) is 3.06. The van der Waals surface area contributed by atoms with E-state index in [0.29, 0.717) is 30.9 Å². The van der Waals surface area contributed by atoms with E-state index >= 15 is 0 Å². The van der Waals surface area contributed by atoms with E-state index in [1.54, 1.807) is 6.07 Å². The maximum Gasteiger partial charge on any atom is 0.264 e. The van der Waals surface area contributed by atoms with Crippen LogP contribution in [0.3, 0.4) is 0 Å². The summed E-state index contributed by atoms with van der Waals surface area (Å²) in [4.78, 5) is 9.11. The van der Waals surface area contributed by atoms with Crippen LogP contribution < -0.4 is 19.5 Å². The fourth-order valence-electron chi connectivity index (χ4n) is 3.64. The van der Waals surface area contributed by atoms with Crippen molar-refractivity contribution in [3.8, 4) is 11.5 Å². The number of aliphatic imine (C=N–C) groups is 1. The number of nitrogens with one attached hydrogen (secondary N) is 2.